The molecule has 2 aliphatic rings. The van der Waals surface area contributed by atoms with Gasteiger partial charge in [0, 0.05) is 51.4 Å². The predicted octanol–water partition coefficient (Wildman–Crippen LogP) is 2.04. The van der Waals surface area contributed by atoms with Crippen LogP contribution in [0.15, 0.2) is 24.3 Å². The molecule has 0 atom stereocenters. The number of ether oxygens (including phenoxy) is 2. The monoisotopic (exact) mass is 347 g/mol. The van der Waals surface area contributed by atoms with Gasteiger partial charge >= 0.3 is 6.03 Å². The average Bonchev–Trinajstić information content (AvgIpc) is 2.64. The lowest BCUT2D eigenvalue weighted by molar-refractivity contribution is 0.0372. The predicted molar refractivity (Wildman–Crippen MR) is 96.8 cm³/mol. The van der Waals surface area contributed by atoms with Crippen LogP contribution in [-0.4, -0.2) is 79.3 Å². The van der Waals surface area contributed by atoms with E-state index in [9.17, 15) is 4.79 Å². The van der Waals surface area contributed by atoms with Crippen LogP contribution in [-0.2, 0) is 11.3 Å². The molecule has 0 unspecified atom stereocenters. The van der Waals surface area contributed by atoms with Gasteiger partial charge in [-0.1, -0.05) is 18.2 Å². The number of morpholine rings is 1. The van der Waals surface area contributed by atoms with Crippen LogP contribution in [0.2, 0.25) is 0 Å². The Bertz CT molecular complexity index is 565. The van der Waals surface area contributed by atoms with E-state index >= 15 is 0 Å². The van der Waals surface area contributed by atoms with E-state index in [2.05, 4.69) is 17.0 Å². The van der Waals surface area contributed by atoms with Gasteiger partial charge in [0.25, 0.3) is 0 Å². The maximum absolute atomic E-state index is 12.6. The molecular formula is C19H29N3O3. The zero-order valence-corrected chi connectivity index (χ0v) is 15.3. The Morgan fingerprint density at radius 2 is 1.68 bits per heavy atom. The van der Waals surface area contributed by atoms with Crippen molar-refractivity contribution in [1.82, 2.24) is 14.7 Å². The van der Waals surface area contributed by atoms with Gasteiger partial charge in [0.05, 0.1) is 19.3 Å². The molecule has 1 aromatic rings. The molecule has 0 saturated carbocycles. The van der Waals surface area contributed by atoms with E-state index in [4.69, 9.17) is 9.47 Å². The third kappa shape index (κ3) is 4.86. The number of piperazine rings is 1. The topological polar surface area (TPSA) is 45.2 Å². The molecule has 2 aliphatic heterocycles. The van der Waals surface area contributed by atoms with Crippen LogP contribution < -0.4 is 4.74 Å². The number of nitrogens with zero attached hydrogens (tertiary/aromatic N) is 3. The van der Waals surface area contributed by atoms with Crippen molar-refractivity contribution < 1.29 is 14.3 Å². The molecule has 2 amide bonds. The number of benzene rings is 1. The van der Waals surface area contributed by atoms with Crippen LogP contribution in [0.1, 0.15) is 19.4 Å². The second-order valence-electron chi connectivity index (χ2n) is 6.92. The molecule has 138 valence electrons. The van der Waals surface area contributed by atoms with Gasteiger partial charge in [-0.15, -0.1) is 0 Å². The standard InChI is InChI=1S/C19H29N3O3/c1-16(2)25-18-6-4-3-5-17(18)15-20-7-9-21(10-8-20)19(23)22-11-13-24-14-12-22/h3-6,16H,7-15H2,1-2H3. The highest BCUT2D eigenvalue weighted by Gasteiger charge is 2.26. The van der Waals surface area contributed by atoms with Crippen molar-refractivity contribution in [2.24, 2.45) is 0 Å². The van der Waals surface area contributed by atoms with Crippen molar-refractivity contribution >= 4 is 6.03 Å². The van der Waals surface area contributed by atoms with Crippen molar-refractivity contribution in [1.29, 1.82) is 0 Å². The fraction of sp³-hybridized carbons (Fsp3) is 0.632. The molecule has 6 nitrogen and oxygen atoms in total. The summed E-state index contributed by atoms with van der Waals surface area (Å²) in [5, 5.41) is 0. The smallest absolute Gasteiger partial charge is 0.320 e. The number of hydrogen-bond donors (Lipinski definition) is 0. The van der Waals surface area contributed by atoms with E-state index < -0.39 is 0 Å². The molecule has 3 rings (SSSR count). The minimum Gasteiger partial charge on any atom is -0.491 e. The summed E-state index contributed by atoms with van der Waals surface area (Å²) < 4.78 is 11.2. The molecule has 0 radical (unpaired) electrons. The van der Waals surface area contributed by atoms with Gasteiger partial charge in [-0.3, -0.25) is 4.90 Å². The number of urea groups is 1. The summed E-state index contributed by atoms with van der Waals surface area (Å²) in [7, 11) is 0. The summed E-state index contributed by atoms with van der Waals surface area (Å²) in [5.74, 6) is 0.962. The number of hydrogen-bond acceptors (Lipinski definition) is 4. The van der Waals surface area contributed by atoms with Gasteiger partial charge in [-0.25, -0.2) is 4.79 Å². The normalized spacial score (nSPS) is 19.3. The van der Waals surface area contributed by atoms with E-state index in [1.54, 1.807) is 0 Å². The first-order valence-electron chi connectivity index (χ1n) is 9.22. The van der Waals surface area contributed by atoms with Gasteiger partial charge in [0.1, 0.15) is 5.75 Å². The minimum absolute atomic E-state index is 0.159. The Labute approximate surface area is 150 Å². The Balaban J connectivity index is 1.52. The van der Waals surface area contributed by atoms with Crippen molar-refractivity contribution in [3.8, 4) is 5.75 Å². The Kier molecular flexibility index (Phi) is 6.15. The zero-order chi connectivity index (χ0) is 17.6. The maximum Gasteiger partial charge on any atom is 0.320 e. The number of amides is 2. The van der Waals surface area contributed by atoms with E-state index in [0.717, 1.165) is 38.5 Å². The molecule has 0 N–H and O–H groups in total. The summed E-state index contributed by atoms with van der Waals surface area (Å²) in [6.45, 7) is 11.0. The molecule has 0 aromatic heterocycles. The average molecular weight is 347 g/mol. The largest absolute Gasteiger partial charge is 0.491 e. The van der Waals surface area contributed by atoms with Gasteiger partial charge in [0.2, 0.25) is 0 Å². The lowest BCUT2D eigenvalue weighted by Crippen LogP contribution is -2.54. The number of para-hydroxylation sites is 1. The second kappa shape index (κ2) is 8.54. The van der Waals surface area contributed by atoms with Crippen LogP contribution in [0, 0.1) is 0 Å². The zero-order valence-electron chi connectivity index (χ0n) is 15.3. The van der Waals surface area contributed by atoms with Crippen molar-refractivity contribution in [2.75, 3.05) is 52.5 Å². The third-order valence-electron chi connectivity index (χ3n) is 4.65. The quantitative estimate of drug-likeness (QED) is 0.836. The van der Waals surface area contributed by atoms with Gasteiger partial charge in [-0.2, -0.15) is 0 Å². The number of rotatable bonds is 4. The minimum atomic E-state index is 0.159. The highest BCUT2D eigenvalue weighted by atomic mass is 16.5. The van der Waals surface area contributed by atoms with Crippen LogP contribution in [0.4, 0.5) is 4.79 Å². The first kappa shape index (κ1) is 18.0. The van der Waals surface area contributed by atoms with Crippen LogP contribution >= 0.6 is 0 Å². The Morgan fingerprint density at radius 1 is 1.04 bits per heavy atom. The van der Waals surface area contributed by atoms with Crippen molar-refractivity contribution in [3.05, 3.63) is 29.8 Å². The number of carbonyl (C=O) groups excluding carboxylic acids is 1. The first-order chi connectivity index (χ1) is 12.1. The lowest BCUT2D eigenvalue weighted by atomic mass is 10.1. The summed E-state index contributed by atoms with van der Waals surface area (Å²) in [6.07, 6.45) is 0.171. The molecule has 6 heteroatoms. The molecule has 2 heterocycles. The molecule has 2 fully saturated rings. The molecule has 2 saturated heterocycles. The summed E-state index contributed by atoms with van der Waals surface area (Å²) in [5.41, 5.74) is 1.21. The molecule has 25 heavy (non-hydrogen) atoms. The second-order valence-corrected chi connectivity index (χ2v) is 6.92. The molecule has 0 spiro atoms. The van der Waals surface area contributed by atoms with Gasteiger partial charge < -0.3 is 19.3 Å². The molecule has 0 aliphatic carbocycles. The third-order valence-corrected chi connectivity index (χ3v) is 4.65. The van der Waals surface area contributed by atoms with E-state index in [1.165, 1.54) is 5.56 Å². The van der Waals surface area contributed by atoms with Gasteiger partial charge in [-0.05, 0) is 19.9 Å². The summed E-state index contributed by atoms with van der Waals surface area (Å²) in [4.78, 5) is 18.8. The van der Waals surface area contributed by atoms with Crippen molar-refractivity contribution in [3.63, 3.8) is 0 Å². The lowest BCUT2D eigenvalue weighted by Gasteiger charge is -2.38. The van der Waals surface area contributed by atoms with E-state index in [1.807, 2.05) is 35.8 Å². The highest BCUT2D eigenvalue weighted by Crippen LogP contribution is 2.22. The van der Waals surface area contributed by atoms with Crippen LogP contribution in [0.5, 0.6) is 5.75 Å². The van der Waals surface area contributed by atoms with Crippen molar-refractivity contribution in [2.45, 2.75) is 26.5 Å². The van der Waals surface area contributed by atoms with E-state index in [-0.39, 0.29) is 12.1 Å². The molecule has 1 aromatic carbocycles. The molecule has 0 bridgehead atoms. The highest BCUT2D eigenvalue weighted by molar-refractivity contribution is 5.74. The summed E-state index contributed by atoms with van der Waals surface area (Å²) in [6, 6.07) is 8.39. The fourth-order valence-electron chi connectivity index (χ4n) is 3.30. The van der Waals surface area contributed by atoms with Crippen LogP contribution in [0.25, 0.3) is 0 Å². The summed E-state index contributed by atoms with van der Waals surface area (Å²) >= 11 is 0. The van der Waals surface area contributed by atoms with Gasteiger partial charge in [0.15, 0.2) is 0 Å². The Hall–Kier alpha value is -1.79. The Morgan fingerprint density at radius 3 is 2.36 bits per heavy atom. The number of carbonyl (C=O) groups is 1. The maximum atomic E-state index is 12.6. The molecular weight excluding hydrogens is 318 g/mol. The first-order valence-corrected chi connectivity index (χ1v) is 9.22. The SMILES string of the molecule is CC(C)Oc1ccccc1CN1CCN(C(=O)N2CCOCC2)CC1. The fourth-order valence-corrected chi connectivity index (χ4v) is 3.30. The van der Waals surface area contributed by atoms with Crippen LogP contribution in [0.3, 0.4) is 0 Å². The van der Waals surface area contributed by atoms with E-state index in [0.29, 0.717) is 26.3 Å².